The molecule has 0 amide bonds. The van der Waals surface area contributed by atoms with Crippen LogP contribution in [0.15, 0.2) is 0 Å². The first-order chi connectivity index (χ1) is 6.14. The molecule has 1 saturated heterocycles. The lowest BCUT2D eigenvalue weighted by Gasteiger charge is -2.53. The van der Waals surface area contributed by atoms with Crippen LogP contribution < -0.4 is 5.73 Å². The van der Waals surface area contributed by atoms with E-state index in [0.29, 0.717) is 12.0 Å². The third-order valence-corrected chi connectivity index (χ3v) is 3.49. The normalized spacial score (nSPS) is 34.5. The van der Waals surface area contributed by atoms with Crippen molar-refractivity contribution < 1.29 is 0 Å². The fourth-order valence-electron chi connectivity index (χ4n) is 2.87. The monoisotopic (exact) mass is 198 g/mol. The molecular formula is C12H26N2. The smallest absolute Gasteiger partial charge is 0.0194 e. The molecule has 0 bridgehead atoms. The topological polar surface area (TPSA) is 29.3 Å². The number of likely N-dealkylation sites (tertiary alicyclic amines) is 1. The molecule has 1 aliphatic rings. The maximum absolute atomic E-state index is 6.14. The first kappa shape index (κ1) is 12.0. The molecular weight excluding hydrogens is 172 g/mol. The molecule has 0 saturated carbocycles. The summed E-state index contributed by atoms with van der Waals surface area (Å²) in [5.74, 6) is 0.642. The minimum Gasteiger partial charge on any atom is -0.326 e. The van der Waals surface area contributed by atoms with Crippen LogP contribution in [-0.4, -0.2) is 28.6 Å². The zero-order valence-corrected chi connectivity index (χ0v) is 10.6. The summed E-state index contributed by atoms with van der Waals surface area (Å²) in [4.78, 5) is 2.55. The zero-order valence-electron chi connectivity index (χ0n) is 10.6. The van der Waals surface area contributed by atoms with Gasteiger partial charge in [0.15, 0.2) is 0 Å². The van der Waals surface area contributed by atoms with Gasteiger partial charge >= 0.3 is 0 Å². The average Bonchev–Trinajstić information content (AvgIpc) is 1.93. The Morgan fingerprint density at radius 3 is 2.21 bits per heavy atom. The molecule has 0 aromatic carbocycles. The van der Waals surface area contributed by atoms with Gasteiger partial charge in [-0.2, -0.15) is 0 Å². The molecule has 0 aromatic heterocycles. The fourth-order valence-corrected chi connectivity index (χ4v) is 2.87. The molecule has 0 aromatic rings. The largest absolute Gasteiger partial charge is 0.326 e. The van der Waals surface area contributed by atoms with Crippen molar-refractivity contribution in [2.24, 2.45) is 11.7 Å². The second kappa shape index (κ2) is 3.49. The summed E-state index contributed by atoms with van der Waals surface area (Å²) in [6.45, 7) is 14.8. The summed E-state index contributed by atoms with van der Waals surface area (Å²) in [6, 6.07) is 0.335. The van der Waals surface area contributed by atoms with Crippen molar-refractivity contribution in [2.45, 2.75) is 65.1 Å². The van der Waals surface area contributed by atoms with Crippen LogP contribution in [0, 0.1) is 5.92 Å². The van der Waals surface area contributed by atoms with E-state index < -0.39 is 0 Å². The van der Waals surface area contributed by atoms with Gasteiger partial charge in [-0.05, 0) is 47.0 Å². The van der Waals surface area contributed by atoms with E-state index in [0.717, 1.165) is 6.54 Å². The molecule has 2 nitrogen and oxygen atoms in total. The molecule has 0 spiro atoms. The van der Waals surface area contributed by atoms with E-state index in [4.69, 9.17) is 5.73 Å². The minimum atomic E-state index is 0.223. The van der Waals surface area contributed by atoms with E-state index in [2.05, 4.69) is 46.4 Å². The first-order valence-corrected chi connectivity index (χ1v) is 5.68. The molecule has 2 atom stereocenters. The molecule has 84 valence electrons. The highest BCUT2D eigenvalue weighted by Gasteiger charge is 2.41. The van der Waals surface area contributed by atoms with E-state index in [9.17, 15) is 0 Å². The highest BCUT2D eigenvalue weighted by atomic mass is 15.3. The van der Waals surface area contributed by atoms with E-state index in [-0.39, 0.29) is 11.1 Å². The maximum atomic E-state index is 6.14. The van der Waals surface area contributed by atoms with Crippen LogP contribution >= 0.6 is 0 Å². The predicted molar refractivity (Wildman–Crippen MR) is 62.3 cm³/mol. The summed E-state index contributed by atoms with van der Waals surface area (Å²) >= 11 is 0. The zero-order chi connectivity index (χ0) is 11.1. The SMILES string of the molecule is CC1CC(C)(C)N(C(C)(C)C)CC1N. The Morgan fingerprint density at radius 1 is 1.29 bits per heavy atom. The molecule has 0 aliphatic carbocycles. The summed E-state index contributed by atoms with van der Waals surface area (Å²) in [7, 11) is 0. The van der Waals surface area contributed by atoms with E-state index in [1.165, 1.54) is 6.42 Å². The van der Waals surface area contributed by atoms with Crippen molar-refractivity contribution in [3.8, 4) is 0 Å². The van der Waals surface area contributed by atoms with Gasteiger partial charge in [-0.25, -0.2) is 0 Å². The van der Waals surface area contributed by atoms with Crippen LogP contribution in [0.4, 0.5) is 0 Å². The Kier molecular flexibility index (Phi) is 2.99. The van der Waals surface area contributed by atoms with Crippen molar-refractivity contribution in [3.05, 3.63) is 0 Å². The summed E-state index contributed by atoms with van der Waals surface area (Å²) in [5.41, 5.74) is 6.65. The molecule has 2 heteroatoms. The highest BCUT2D eigenvalue weighted by Crippen LogP contribution is 2.35. The van der Waals surface area contributed by atoms with E-state index in [1.807, 2.05) is 0 Å². The number of piperidine rings is 1. The Hall–Kier alpha value is -0.0800. The maximum Gasteiger partial charge on any atom is 0.0194 e. The van der Waals surface area contributed by atoms with Crippen LogP contribution in [0.1, 0.15) is 48.0 Å². The van der Waals surface area contributed by atoms with Gasteiger partial charge < -0.3 is 5.73 Å². The van der Waals surface area contributed by atoms with Crippen molar-refractivity contribution in [1.29, 1.82) is 0 Å². The molecule has 1 rings (SSSR count). The van der Waals surface area contributed by atoms with E-state index in [1.54, 1.807) is 0 Å². The van der Waals surface area contributed by atoms with Crippen LogP contribution in [0.25, 0.3) is 0 Å². The quantitative estimate of drug-likeness (QED) is 0.647. The number of rotatable bonds is 0. The Labute approximate surface area is 88.8 Å². The molecule has 0 radical (unpaired) electrons. The van der Waals surface area contributed by atoms with Gasteiger partial charge in [0.1, 0.15) is 0 Å². The van der Waals surface area contributed by atoms with Crippen molar-refractivity contribution in [1.82, 2.24) is 4.90 Å². The molecule has 1 aliphatic heterocycles. The van der Waals surface area contributed by atoms with Gasteiger partial charge in [-0.15, -0.1) is 0 Å². The van der Waals surface area contributed by atoms with Crippen LogP contribution in [0.3, 0.4) is 0 Å². The Balaban J connectivity index is 2.85. The standard InChI is InChI=1S/C12H26N2/c1-9-7-12(5,6)14(8-10(9)13)11(2,3)4/h9-10H,7-8,13H2,1-6H3. The number of nitrogens with two attached hydrogens (primary N) is 1. The summed E-state index contributed by atoms with van der Waals surface area (Å²) in [6.07, 6.45) is 1.20. The molecule has 1 heterocycles. The molecule has 2 unspecified atom stereocenters. The molecule has 14 heavy (non-hydrogen) atoms. The number of hydrogen-bond acceptors (Lipinski definition) is 2. The lowest BCUT2D eigenvalue weighted by Crippen LogP contribution is -2.63. The lowest BCUT2D eigenvalue weighted by molar-refractivity contribution is -0.0285. The van der Waals surface area contributed by atoms with E-state index >= 15 is 0 Å². The van der Waals surface area contributed by atoms with Gasteiger partial charge in [-0.3, -0.25) is 4.90 Å². The third kappa shape index (κ3) is 2.29. The Bertz CT molecular complexity index is 203. The first-order valence-electron chi connectivity index (χ1n) is 5.68. The summed E-state index contributed by atoms with van der Waals surface area (Å²) in [5, 5.41) is 0. The van der Waals surface area contributed by atoms with Gasteiger partial charge in [-0.1, -0.05) is 6.92 Å². The van der Waals surface area contributed by atoms with Gasteiger partial charge in [0, 0.05) is 23.7 Å². The second-order valence-corrected chi connectivity index (χ2v) is 6.44. The summed E-state index contributed by atoms with van der Waals surface area (Å²) < 4.78 is 0. The van der Waals surface area contributed by atoms with Crippen molar-refractivity contribution >= 4 is 0 Å². The number of nitrogens with zero attached hydrogens (tertiary/aromatic N) is 1. The molecule has 2 N–H and O–H groups in total. The minimum absolute atomic E-state index is 0.223. The van der Waals surface area contributed by atoms with Crippen LogP contribution in [0.5, 0.6) is 0 Å². The third-order valence-electron chi connectivity index (χ3n) is 3.49. The van der Waals surface area contributed by atoms with Gasteiger partial charge in [0.25, 0.3) is 0 Å². The second-order valence-electron chi connectivity index (χ2n) is 6.44. The number of hydrogen-bond donors (Lipinski definition) is 1. The molecule has 1 fully saturated rings. The van der Waals surface area contributed by atoms with Gasteiger partial charge in [0.05, 0.1) is 0 Å². The Morgan fingerprint density at radius 2 is 1.79 bits per heavy atom. The predicted octanol–water partition coefficient (Wildman–Crippen LogP) is 2.23. The van der Waals surface area contributed by atoms with Crippen molar-refractivity contribution in [2.75, 3.05) is 6.54 Å². The lowest BCUT2D eigenvalue weighted by atomic mass is 9.78. The highest BCUT2D eigenvalue weighted by molar-refractivity contribution is 4.98. The van der Waals surface area contributed by atoms with Crippen LogP contribution in [-0.2, 0) is 0 Å². The van der Waals surface area contributed by atoms with Gasteiger partial charge in [0.2, 0.25) is 0 Å². The fraction of sp³-hybridized carbons (Fsp3) is 1.00. The van der Waals surface area contributed by atoms with Crippen LogP contribution in [0.2, 0.25) is 0 Å². The average molecular weight is 198 g/mol. The van der Waals surface area contributed by atoms with Crippen molar-refractivity contribution in [3.63, 3.8) is 0 Å².